The second kappa shape index (κ2) is 3.35. The first kappa shape index (κ1) is 7.26. The normalized spacial score (nSPS) is 9.80. The minimum absolute atomic E-state index is 0.260. The van der Waals surface area contributed by atoms with E-state index in [2.05, 4.69) is 0 Å². The van der Waals surface area contributed by atoms with Crippen molar-refractivity contribution >= 4 is 0 Å². The van der Waals surface area contributed by atoms with Gasteiger partial charge in [-0.2, -0.15) is 0 Å². The van der Waals surface area contributed by atoms with Crippen LogP contribution in [0.25, 0.3) is 0 Å². The predicted molar refractivity (Wildman–Crippen MR) is 40.9 cm³/mol. The van der Waals surface area contributed by atoms with E-state index >= 15 is 0 Å². The average molecular weight is 138 g/mol. The van der Waals surface area contributed by atoms with Gasteiger partial charge in [-0.3, -0.25) is 4.39 Å². The minimum Gasteiger partial charge on any atom is -0.251 e. The summed E-state index contributed by atoms with van der Waals surface area (Å²) in [6.07, 6.45) is 0.543. The number of hydrogen-bond acceptors (Lipinski definition) is 0. The summed E-state index contributed by atoms with van der Waals surface area (Å²) in [5, 5.41) is 0. The number of hydrogen-bond donors (Lipinski definition) is 0. The molecule has 0 spiro atoms. The Morgan fingerprint density at radius 1 is 1.40 bits per heavy atom. The van der Waals surface area contributed by atoms with Crippen LogP contribution in [-0.4, -0.2) is 6.67 Å². The Hall–Kier alpha value is -0.850. The van der Waals surface area contributed by atoms with Gasteiger partial charge in [0.2, 0.25) is 0 Å². The molecule has 1 heteroatoms. The molecule has 1 aromatic carbocycles. The molecule has 10 heavy (non-hydrogen) atoms. The highest BCUT2D eigenvalue weighted by Crippen LogP contribution is 2.04. The van der Waals surface area contributed by atoms with E-state index in [1.165, 1.54) is 5.56 Å². The van der Waals surface area contributed by atoms with E-state index in [4.69, 9.17) is 0 Å². The van der Waals surface area contributed by atoms with Gasteiger partial charge in [0.1, 0.15) is 0 Å². The van der Waals surface area contributed by atoms with E-state index in [1.807, 2.05) is 31.2 Å². The molecule has 0 atom stereocenters. The number of halogens is 1. The summed E-state index contributed by atoms with van der Waals surface area (Å²) >= 11 is 0. The highest BCUT2D eigenvalue weighted by Gasteiger charge is 1.90. The van der Waals surface area contributed by atoms with Gasteiger partial charge in [-0.05, 0) is 12.5 Å². The van der Waals surface area contributed by atoms with Crippen molar-refractivity contribution in [3.63, 3.8) is 0 Å². The first-order chi connectivity index (χ1) is 4.83. The maximum absolute atomic E-state index is 11.8. The van der Waals surface area contributed by atoms with Gasteiger partial charge in [0, 0.05) is 6.42 Å². The van der Waals surface area contributed by atoms with Crippen molar-refractivity contribution in [2.24, 2.45) is 0 Å². The van der Waals surface area contributed by atoms with E-state index in [9.17, 15) is 4.39 Å². The van der Waals surface area contributed by atoms with Crippen LogP contribution in [0.4, 0.5) is 4.39 Å². The molecule has 0 unspecified atom stereocenters. The highest BCUT2D eigenvalue weighted by molar-refractivity contribution is 5.22. The van der Waals surface area contributed by atoms with E-state index in [0.717, 1.165) is 5.56 Å². The molecular weight excluding hydrogens is 127 g/mol. The fourth-order valence-corrected chi connectivity index (χ4v) is 0.977. The van der Waals surface area contributed by atoms with Crippen molar-refractivity contribution in [3.05, 3.63) is 35.4 Å². The maximum atomic E-state index is 11.8. The molecule has 0 heterocycles. The lowest BCUT2D eigenvalue weighted by molar-refractivity contribution is 0.495. The summed E-state index contributed by atoms with van der Waals surface area (Å²) in [5.41, 5.74) is 2.29. The quantitative estimate of drug-likeness (QED) is 0.589. The maximum Gasteiger partial charge on any atom is 0.0934 e. The van der Waals surface area contributed by atoms with Gasteiger partial charge >= 0.3 is 0 Å². The summed E-state index contributed by atoms with van der Waals surface area (Å²) in [5.74, 6) is 0. The summed E-state index contributed by atoms with van der Waals surface area (Å²) in [6, 6.07) is 7.94. The third-order valence-electron chi connectivity index (χ3n) is 1.47. The molecule has 0 bridgehead atoms. The Morgan fingerprint density at radius 2 is 2.20 bits per heavy atom. The molecule has 1 aromatic rings. The fraction of sp³-hybridized carbons (Fsp3) is 0.333. The van der Waals surface area contributed by atoms with Crippen LogP contribution in [0, 0.1) is 6.92 Å². The second-order valence-electron chi connectivity index (χ2n) is 2.43. The predicted octanol–water partition coefficient (Wildman–Crippen LogP) is 2.51. The summed E-state index contributed by atoms with van der Waals surface area (Å²) < 4.78 is 11.8. The van der Waals surface area contributed by atoms with Crippen molar-refractivity contribution in [2.45, 2.75) is 13.3 Å². The summed E-state index contributed by atoms with van der Waals surface area (Å²) in [7, 11) is 0. The Bertz CT molecular complexity index is 206. The zero-order chi connectivity index (χ0) is 7.40. The summed E-state index contributed by atoms with van der Waals surface area (Å²) in [4.78, 5) is 0. The molecule has 1 rings (SSSR count). The molecule has 0 aliphatic heterocycles. The van der Waals surface area contributed by atoms with Crippen molar-refractivity contribution in [3.8, 4) is 0 Å². The zero-order valence-corrected chi connectivity index (χ0v) is 6.10. The monoisotopic (exact) mass is 138 g/mol. The van der Waals surface area contributed by atoms with Gasteiger partial charge in [-0.1, -0.05) is 29.8 Å². The molecule has 0 N–H and O–H groups in total. The molecule has 0 aromatic heterocycles. The van der Waals surface area contributed by atoms with Gasteiger partial charge in [0.05, 0.1) is 6.67 Å². The number of aryl methyl sites for hydroxylation is 2. The van der Waals surface area contributed by atoms with Gasteiger partial charge in [-0.25, -0.2) is 0 Å². The Labute approximate surface area is 60.7 Å². The van der Waals surface area contributed by atoms with Crippen molar-refractivity contribution in [2.75, 3.05) is 6.67 Å². The van der Waals surface area contributed by atoms with Gasteiger partial charge in [-0.15, -0.1) is 0 Å². The standard InChI is InChI=1S/C9H11F/c1-8-3-2-4-9(7-8)5-6-10/h2-4,7H,5-6H2,1H3. The van der Waals surface area contributed by atoms with Crippen LogP contribution < -0.4 is 0 Å². The molecule has 54 valence electrons. The summed E-state index contributed by atoms with van der Waals surface area (Å²) in [6.45, 7) is 1.76. The van der Waals surface area contributed by atoms with E-state index in [1.54, 1.807) is 0 Å². The Morgan fingerprint density at radius 3 is 2.80 bits per heavy atom. The van der Waals surface area contributed by atoms with Crippen LogP contribution in [0.15, 0.2) is 24.3 Å². The van der Waals surface area contributed by atoms with Crippen LogP contribution in [-0.2, 0) is 6.42 Å². The zero-order valence-electron chi connectivity index (χ0n) is 6.10. The van der Waals surface area contributed by atoms with Crippen LogP contribution >= 0.6 is 0 Å². The average Bonchev–Trinajstić information content (AvgIpc) is 1.88. The van der Waals surface area contributed by atoms with E-state index in [-0.39, 0.29) is 6.67 Å². The van der Waals surface area contributed by atoms with Gasteiger partial charge < -0.3 is 0 Å². The SMILES string of the molecule is Cc1cccc(CCF)c1. The van der Waals surface area contributed by atoms with Crippen molar-refractivity contribution in [1.29, 1.82) is 0 Å². The number of benzene rings is 1. The van der Waals surface area contributed by atoms with Crippen molar-refractivity contribution < 1.29 is 4.39 Å². The molecule has 0 fully saturated rings. The third kappa shape index (κ3) is 1.83. The molecule has 0 aliphatic carbocycles. The number of alkyl halides is 1. The Balaban J connectivity index is 2.75. The largest absolute Gasteiger partial charge is 0.251 e. The van der Waals surface area contributed by atoms with Crippen LogP contribution in [0.1, 0.15) is 11.1 Å². The van der Waals surface area contributed by atoms with Crippen LogP contribution in [0.2, 0.25) is 0 Å². The first-order valence-electron chi connectivity index (χ1n) is 3.44. The molecule has 0 radical (unpaired) electrons. The topological polar surface area (TPSA) is 0 Å². The van der Waals surface area contributed by atoms with Gasteiger partial charge in [0.15, 0.2) is 0 Å². The highest BCUT2D eigenvalue weighted by atomic mass is 19.1. The lowest BCUT2D eigenvalue weighted by Crippen LogP contribution is -1.86. The molecule has 0 aliphatic rings. The Kier molecular flexibility index (Phi) is 2.43. The molecule has 0 saturated carbocycles. The first-order valence-corrected chi connectivity index (χ1v) is 3.44. The molecule has 0 amide bonds. The minimum atomic E-state index is -0.260. The lowest BCUT2D eigenvalue weighted by atomic mass is 10.1. The second-order valence-corrected chi connectivity index (χ2v) is 2.43. The van der Waals surface area contributed by atoms with Crippen molar-refractivity contribution in [1.82, 2.24) is 0 Å². The lowest BCUT2D eigenvalue weighted by Gasteiger charge is -1.96. The van der Waals surface area contributed by atoms with E-state index in [0.29, 0.717) is 6.42 Å². The smallest absolute Gasteiger partial charge is 0.0934 e. The number of rotatable bonds is 2. The fourth-order valence-electron chi connectivity index (χ4n) is 0.977. The molecule has 0 nitrogen and oxygen atoms in total. The van der Waals surface area contributed by atoms with Gasteiger partial charge in [0.25, 0.3) is 0 Å². The molecule has 0 saturated heterocycles. The van der Waals surface area contributed by atoms with Crippen LogP contribution in [0.3, 0.4) is 0 Å². The molecular formula is C9H11F. The van der Waals surface area contributed by atoms with Crippen LogP contribution in [0.5, 0.6) is 0 Å². The third-order valence-corrected chi connectivity index (χ3v) is 1.47. The van der Waals surface area contributed by atoms with E-state index < -0.39 is 0 Å².